The first-order valence-electron chi connectivity index (χ1n) is 45.0. The summed E-state index contributed by atoms with van der Waals surface area (Å²) in [5.41, 5.74) is 0. The molecule has 0 spiro atoms. The van der Waals surface area contributed by atoms with Crippen molar-refractivity contribution in [2.24, 2.45) is 17.8 Å². The molecular weight excluding hydrogens is 1380 g/mol. The van der Waals surface area contributed by atoms with Gasteiger partial charge < -0.3 is 33.8 Å². The molecule has 106 heavy (non-hydrogen) atoms. The number of unbranched alkanes of at least 4 members (excludes halogenated alkanes) is 50. The van der Waals surface area contributed by atoms with Crippen LogP contribution in [0.25, 0.3) is 0 Å². The van der Waals surface area contributed by atoms with E-state index in [1.807, 2.05) is 0 Å². The van der Waals surface area contributed by atoms with Gasteiger partial charge >= 0.3 is 39.5 Å². The lowest BCUT2D eigenvalue weighted by Gasteiger charge is -2.21. The Morgan fingerprint density at radius 2 is 0.453 bits per heavy atom. The molecule has 0 radical (unpaired) electrons. The lowest BCUT2D eigenvalue weighted by molar-refractivity contribution is -0.161. The standard InChI is InChI=1S/C87H170O17P2/c1-8-12-13-14-15-16-17-18-19-25-32-37-42-47-56-63-71-87(92)104-83(75-98-85(90)69-62-55-50-49-53-60-67-80(7)11-4)77-102-106(95,96)100-73-81(88)72-99-105(93,94)101-76-82(74-97-84(89)68-61-54-46-41-36-31-28-27-30-35-40-45-52-59-66-79(6)10-3)103-86(91)70-64-57-48-43-38-33-26-23-21-20-22-24-29-34-39-44-51-58-65-78(5)9-2/h78-83,88H,8-77H2,1-7H3,(H,93,94)(H,95,96)/t78?,79?,80?,81-,82-,83-/m1/s1. The first kappa shape index (κ1) is 104. The highest BCUT2D eigenvalue weighted by Gasteiger charge is 2.31. The van der Waals surface area contributed by atoms with Gasteiger partial charge in [0.2, 0.25) is 0 Å². The molecule has 5 unspecified atom stereocenters. The molecule has 0 amide bonds. The van der Waals surface area contributed by atoms with Gasteiger partial charge in [-0.05, 0) is 43.4 Å². The monoisotopic (exact) mass is 1550 g/mol. The molecule has 0 rings (SSSR count). The van der Waals surface area contributed by atoms with Crippen molar-refractivity contribution in [3.63, 3.8) is 0 Å². The Balaban J connectivity index is 5.23. The van der Waals surface area contributed by atoms with Gasteiger partial charge in [-0.2, -0.15) is 0 Å². The van der Waals surface area contributed by atoms with E-state index in [0.717, 1.165) is 114 Å². The quantitative estimate of drug-likeness (QED) is 0.0222. The van der Waals surface area contributed by atoms with Crippen LogP contribution in [0.2, 0.25) is 0 Å². The van der Waals surface area contributed by atoms with E-state index < -0.39 is 97.5 Å². The molecular formula is C87H170O17P2. The molecule has 0 saturated heterocycles. The largest absolute Gasteiger partial charge is 0.472 e. The van der Waals surface area contributed by atoms with E-state index in [2.05, 4.69) is 48.5 Å². The summed E-state index contributed by atoms with van der Waals surface area (Å²) in [4.78, 5) is 73.2. The molecule has 0 aliphatic carbocycles. The van der Waals surface area contributed by atoms with E-state index in [4.69, 9.17) is 37.0 Å². The number of aliphatic hydroxyl groups is 1. The van der Waals surface area contributed by atoms with E-state index in [1.54, 1.807) is 0 Å². The van der Waals surface area contributed by atoms with E-state index in [9.17, 15) is 43.2 Å². The zero-order chi connectivity index (χ0) is 77.9. The molecule has 0 aromatic rings. The fourth-order valence-corrected chi connectivity index (χ4v) is 15.0. The highest BCUT2D eigenvalue weighted by Crippen LogP contribution is 2.45. The number of phosphoric ester groups is 2. The van der Waals surface area contributed by atoms with Crippen LogP contribution in [0.1, 0.15) is 459 Å². The second-order valence-electron chi connectivity index (χ2n) is 32.0. The molecule has 0 heterocycles. The number of carbonyl (C=O) groups excluding carboxylic acids is 4. The Kier molecular flexibility index (Phi) is 75.6. The minimum absolute atomic E-state index is 0.107. The molecule has 19 heteroatoms. The van der Waals surface area contributed by atoms with Crippen LogP contribution >= 0.6 is 15.6 Å². The van der Waals surface area contributed by atoms with Crippen molar-refractivity contribution in [3.05, 3.63) is 0 Å². The zero-order valence-corrected chi connectivity index (χ0v) is 71.7. The third kappa shape index (κ3) is 76.1. The predicted octanol–water partition coefficient (Wildman–Crippen LogP) is 26.5. The van der Waals surface area contributed by atoms with E-state index in [-0.39, 0.29) is 25.7 Å². The summed E-state index contributed by atoms with van der Waals surface area (Å²) in [5, 5.41) is 10.7. The maximum Gasteiger partial charge on any atom is 0.472 e. The molecule has 0 aromatic carbocycles. The topological polar surface area (TPSA) is 237 Å². The van der Waals surface area contributed by atoms with E-state index in [1.165, 1.54) is 263 Å². The fraction of sp³-hybridized carbons (Fsp3) is 0.954. The third-order valence-electron chi connectivity index (χ3n) is 21.5. The molecule has 0 aromatic heterocycles. The van der Waals surface area contributed by atoms with Crippen molar-refractivity contribution in [2.75, 3.05) is 39.6 Å². The van der Waals surface area contributed by atoms with Crippen molar-refractivity contribution in [3.8, 4) is 0 Å². The van der Waals surface area contributed by atoms with E-state index in [0.29, 0.717) is 25.7 Å². The van der Waals surface area contributed by atoms with Crippen molar-refractivity contribution in [2.45, 2.75) is 478 Å². The first-order valence-corrected chi connectivity index (χ1v) is 48.0. The normalized spacial score (nSPS) is 14.6. The van der Waals surface area contributed by atoms with Crippen LogP contribution < -0.4 is 0 Å². The van der Waals surface area contributed by atoms with Crippen LogP contribution in [0.3, 0.4) is 0 Å². The number of ether oxygens (including phenoxy) is 4. The smallest absolute Gasteiger partial charge is 0.462 e. The molecule has 0 aliphatic heterocycles. The predicted molar refractivity (Wildman–Crippen MR) is 437 cm³/mol. The van der Waals surface area contributed by atoms with Gasteiger partial charge in [0.1, 0.15) is 19.3 Å². The summed E-state index contributed by atoms with van der Waals surface area (Å²) in [7, 11) is -9.93. The molecule has 17 nitrogen and oxygen atoms in total. The third-order valence-corrected chi connectivity index (χ3v) is 23.4. The fourth-order valence-electron chi connectivity index (χ4n) is 13.4. The SMILES string of the molecule is CCCCCCCCCCCCCCCCCCC(=O)O[C@H](COC(=O)CCCCCCCCC(C)CC)COP(=O)(O)OC[C@H](O)COP(=O)(O)OC[C@@H](COC(=O)CCCCCCCCCCCCCCCCC(C)CC)OC(=O)CCCCCCCCCCCCCCCCCCCCC(C)CC. The minimum atomic E-state index is -4.97. The zero-order valence-electron chi connectivity index (χ0n) is 69.9. The maximum absolute atomic E-state index is 13.2. The van der Waals surface area contributed by atoms with Crippen molar-refractivity contribution < 1.29 is 80.2 Å². The number of aliphatic hydroxyl groups excluding tert-OH is 1. The van der Waals surface area contributed by atoms with Crippen molar-refractivity contribution in [1.29, 1.82) is 0 Å². The van der Waals surface area contributed by atoms with Crippen LogP contribution in [0, 0.1) is 17.8 Å². The van der Waals surface area contributed by atoms with Gasteiger partial charge in [0.25, 0.3) is 0 Å². The average molecular weight is 1550 g/mol. The number of esters is 4. The highest BCUT2D eigenvalue weighted by atomic mass is 31.2. The Hall–Kier alpha value is -1.94. The van der Waals surface area contributed by atoms with Crippen LogP contribution in [-0.2, 0) is 65.4 Å². The average Bonchev–Trinajstić information content (AvgIpc) is 0.902. The van der Waals surface area contributed by atoms with Crippen LogP contribution in [0.5, 0.6) is 0 Å². The molecule has 0 aliphatic rings. The molecule has 0 fully saturated rings. The van der Waals surface area contributed by atoms with Gasteiger partial charge in [0.15, 0.2) is 12.2 Å². The summed E-state index contributed by atoms with van der Waals surface area (Å²) >= 11 is 0. The van der Waals surface area contributed by atoms with Crippen LogP contribution in [0.15, 0.2) is 0 Å². The van der Waals surface area contributed by atoms with Crippen molar-refractivity contribution in [1.82, 2.24) is 0 Å². The minimum Gasteiger partial charge on any atom is -0.462 e. The number of hydrogen-bond acceptors (Lipinski definition) is 15. The molecule has 8 atom stereocenters. The first-order chi connectivity index (χ1) is 51.3. The van der Waals surface area contributed by atoms with Crippen molar-refractivity contribution >= 4 is 39.5 Å². The van der Waals surface area contributed by atoms with Crippen LogP contribution in [0.4, 0.5) is 0 Å². The Labute approximate surface area is 651 Å². The number of phosphoric acid groups is 2. The molecule has 630 valence electrons. The lowest BCUT2D eigenvalue weighted by Crippen LogP contribution is -2.30. The molecule has 3 N–H and O–H groups in total. The summed E-state index contributed by atoms with van der Waals surface area (Å²) in [6, 6.07) is 0. The summed E-state index contributed by atoms with van der Waals surface area (Å²) in [5.74, 6) is 0.348. The number of carbonyl (C=O) groups is 4. The number of hydrogen-bond donors (Lipinski definition) is 3. The lowest BCUT2D eigenvalue weighted by atomic mass is 9.99. The van der Waals surface area contributed by atoms with Crippen LogP contribution in [-0.4, -0.2) is 96.7 Å². The molecule has 0 bridgehead atoms. The highest BCUT2D eigenvalue weighted by molar-refractivity contribution is 7.47. The van der Waals surface area contributed by atoms with Gasteiger partial charge in [-0.3, -0.25) is 37.3 Å². The Morgan fingerprint density at radius 3 is 0.670 bits per heavy atom. The summed E-state index contributed by atoms with van der Waals surface area (Å²) in [6.45, 7) is 12.1. The van der Waals surface area contributed by atoms with Gasteiger partial charge in [-0.15, -0.1) is 0 Å². The second kappa shape index (κ2) is 77.0. The van der Waals surface area contributed by atoms with E-state index >= 15 is 0 Å². The molecule has 0 saturated carbocycles. The second-order valence-corrected chi connectivity index (χ2v) is 34.9. The number of rotatable bonds is 85. The summed E-state index contributed by atoms with van der Waals surface area (Å²) < 4.78 is 68.9. The summed E-state index contributed by atoms with van der Waals surface area (Å²) in [6.07, 6.45) is 68.0. The van der Waals surface area contributed by atoms with Gasteiger partial charge in [0, 0.05) is 25.7 Å². The Bertz CT molecular complexity index is 2050. The maximum atomic E-state index is 13.2. The van der Waals surface area contributed by atoms with Gasteiger partial charge in [-0.1, -0.05) is 408 Å². The Morgan fingerprint density at radius 1 is 0.264 bits per heavy atom. The van der Waals surface area contributed by atoms with Gasteiger partial charge in [-0.25, -0.2) is 9.13 Å². The van der Waals surface area contributed by atoms with Gasteiger partial charge in [0.05, 0.1) is 26.4 Å².